The summed E-state index contributed by atoms with van der Waals surface area (Å²) in [6.07, 6.45) is 4.49. The molecule has 1 saturated carbocycles. The van der Waals surface area contributed by atoms with Crippen molar-refractivity contribution in [3.63, 3.8) is 0 Å². The number of nitrogens with zero attached hydrogens (tertiary/aromatic N) is 2. The summed E-state index contributed by atoms with van der Waals surface area (Å²) < 4.78 is 38.4. The monoisotopic (exact) mass is 940 g/mol. The van der Waals surface area contributed by atoms with Gasteiger partial charge in [-0.1, -0.05) is 48.0 Å². The molecule has 2 aliphatic heterocycles. The Balaban J connectivity index is 0.875. The lowest BCUT2D eigenvalue weighted by Crippen LogP contribution is -2.49. The van der Waals surface area contributed by atoms with E-state index in [-0.39, 0.29) is 89.8 Å². The third kappa shape index (κ3) is 12.1. The number of urea groups is 1. The fraction of sp³-hybridized carbons (Fsp3) is 0.420. The van der Waals surface area contributed by atoms with Gasteiger partial charge in [0.2, 0.25) is 17.7 Å². The summed E-state index contributed by atoms with van der Waals surface area (Å²) in [5.41, 5.74) is 8.76. The van der Waals surface area contributed by atoms with Crippen LogP contribution in [0.4, 0.5) is 14.9 Å². The highest BCUT2D eigenvalue weighted by molar-refractivity contribution is 6.33. The summed E-state index contributed by atoms with van der Waals surface area (Å²) in [5.74, 6) is -1.91. The molecular weight excluding hydrogens is 883 g/mol. The first-order valence-corrected chi connectivity index (χ1v) is 23.1. The minimum Gasteiger partial charge on any atom is -0.495 e. The zero-order valence-corrected chi connectivity index (χ0v) is 38.6. The first kappa shape index (κ1) is 48.9. The van der Waals surface area contributed by atoms with E-state index in [2.05, 4.69) is 16.0 Å². The molecule has 67 heavy (non-hydrogen) atoms. The Bertz CT molecular complexity index is 2410. The molecule has 1 unspecified atom stereocenters. The smallest absolute Gasteiger partial charge is 0.328 e. The van der Waals surface area contributed by atoms with Crippen molar-refractivity contribution in [2.24, 2.45) is 11.7 Å². The fourth-order valence-corrected chi connectivity index (χ4v) is 9.27. The van der Waals surface area contributed by atoms with Crippen molar-refractivity contribution in [2.75, 3.05) is 71.7 Å². The van der Waals surface area contributed by atoms with Gasteiger partial charge in [0.25, 0.3) is 5.91 Å². The summed E-state index contributed by atoms with van der Waals surface area (Å²) in [5, 5.41) is 9.36. The molecule has 4 aromatic carbocycles. The van der Waals surface area contributed by atoms with E-state index in [1.807, 2.05) is 42.5 Å². The van der Waals surface area contributed by atoms with Crippen molar-refractivity contribution in [2.45, 2.75) is 63.0 Å². The van der Waals surface area contributed by atoms with E-state index in [4.69, 9.17) is 36.3 Å². The standard InChI is InChI=1S/C50H58ClFN6O9/c1-64-26-27-67-43-17-14-37(47(53)60)45(46(43)52)38-28-33(10-15-40(38)51)39(31-6-4-3-5-7-31)30-55-35-12-8-32(9-13-35)48(61)54-21-25-66-36-18-22-57(23-19-36)49(62)34-11-16-42(65-2)41(29-34)58-24-20-44(59)56-50(58)63/h3-7,10-11,14-17,28-29,32,35-36,39,55H,8-9,12-13,18-27,30H2,1-2H3,(H2,53,60)(H,54,61)(H,56,59,63). The molecule has 1 aliphatic carbocycles. The van der Waals surface area contributed by atoms with Gasteiger partial charge in [-0.25, -0.2) is 9.18 Å². The van der Waals surface area contributed by atoms with Gasteiger partial charge in [0.05, 0.1) is 37.7 Å². The third-order valence-corrected chi connectivity index (χ3v) is 13.1. The molecule has 0 aromatic heterocycles. The van der Waals surface area contributed by atoms with Crippen molar-refractivity contribution in [1.82, 2.24) is 20.9 Å². The maximum absolute atomic E-state index is 16.1. The van der Waals surface area contributed by atoms with Crippen LogP contribution in [0.1, 0.15) is 82.7 Å². The zero-order valence-electron chi connectivity index (χ0n) is 37.8. The van der Waals surface area contributed by atoms with Crippen LogP contribution in [0.3, 0.4) is 0 Å². The Hall–Kier alpha value is -6.07. The van der Waals surface area contributed by atoms with Crippen LogP contribution in [0.15, 0.2) is 78.9 Å². The van der Waals surface area contributed by atoms with Crippen molar-refractivity contribution in [1.29, 1.82) is 0 Å². The molecule has 0 radical (unpaired) electrons. The minimum atomic E-state index is -0.794. The molecule has 3 aliphatic rings. The third-order valence-electron chi connectivity index (χ3n) is 12.7. The molecule has 6 amide bonds. The van der Waals surface area contributed by atoms with Gasteiger partial charge in [-0.05, 0) is 92.1 Å². The topological polar surface area (TPSA) is 191 Å². The highest BCUT2D eigenvalue weighted by atomic mass is 35.5. The summed E-state index contributed by atoms with van der Waals surface area (Å²) in [6, 6.07) is 22.8. The van der Waals surface area contributed by atoms with Crippen molar-refractivity contribution >= 4 is 46.9 Å². The maximum Gasteiger partial charge on any atom is 0.328 e. The number of primary amides is 1. The summed E-state index contributed by atoms with van der Waals surface area (Å²) in [7, 11) is 3.00. The molecule has 2 heterocycles. The van der Waals surface area contributed by atoms with Gasteiger partial charge < -0.3 is 40.2 Å². The molecule has 17 heteroatoms. The summed E-state index contributed by atoms with van der Waals surface area (Å²) >= 11 is 6.72. The quantitative estimate of drug-likeness (QED) is 0.0762. The molecular formula is C50H58ClFN6O9. The van der Waals surface area contributed by atoms with Gasteiger partial charge in [0.15, 0.2) is 11.6 Å². The average molecular weight is 941 g/mol. The van der Waals surface area contributed by atoms with E-state index in [0.717, 1.165) is 36.8 Å². The van der Waals surface area contributed by atoms with Crippen LogP contribution in [0.2, 0.25) is 5.02 Å². The number of benzene rings is 4. The number of amides is 6. The van der Waals surface area contributed by atoms with Crippen molar-refractivity contribution in [3.05, 3.63) is 112 Å². The van der Waals surface area contributed by atoms with E-state index in [1.165, 1.54) is 31.3 Å². The minimum absolute atomic E-state index is 0.0134. The average Bonchev–Trinajstić information content (AvgIpc) is 3.34. The lowest BCUT2D eigenvalue weighted by atomic mass is 9.84. The summed E-state index contributed by atoms with van der Waals surface area (Å²) in [6.45, 7) is 2.86. The Morgan fingerprint density at radius 2 is 1.61 bits per heavy atom. The van der Waals surface area contributed by atoms with Gasteiger partial charge in [-0.15, -0.1) is 0 Å². The lowest BCUT2D eigenvalue weighted by molar-refractivity contribution is -0.126. The number of imide groups is 1. The van der Waals surface area contributed by atoms with Gasteiger partial charge in [0.1, 0.15) is 12.4 Å². The fourth-order valence-electron chi connectivity index (χ4n) is 9.06. The lowest BCUT2D eigenvalue weighted by Gasteiger charge is -2.33. The van der Waals surface area contributed by atoms with Crippen LogP contribution in [0, 0.1) is 11.7 Å². The first-order valence-electron chi connectivity index (χ1n) is 22.8. The molecule has 3 fully saturated rings. The molecule has 2 saturated heterocycles. The van der Waals surface area contributed by atoms with Crippen LogP contribution in [0.25, 0.3) is 11.1 Å². The second-order valence-corrected chi connectivity index (χ2v) is 17.4. The van der Waals surface area contributed by atoms with Crippen LogP contribution < -0.4 is 36.1 Å². The highest BCUT2D eigenvalue weighted by Gasteiger charge is 2.31. The number of carbonyl (C=O) groups excluding carboxylic acids is 5. The number of ether oxygens (including phenoxy) is 4. The van der Waals surface area contributed by atoms with Crippen LogP contribution >= 0.6 is 11.6 Å². The number of carbonyl (C=O) groups is 5. The number of methoxy groups -OCH3 is 2. The maximum atomic E-state index is 16.1. The molecule has 0 spiro atoms. The van der Waals surface area contributed by atoms with Gasteiger partial charge in [-0.3, -0.25) is 29.4 Å². The second-order valence-electron chi connectivity index (χ2n) is 17.0. The van der Waals surface area contributed by atoms with Crippen LogP contribution in [0.5, 0.6) is 11.5 Å². The van der Waals surface area contributed by atoms with Gasteiger partial charge in [0, 0.05) is 85.8 Å². The largest absolute Gasteiger partial charge is 0.495 e. The van der Waals surface area contributed by atoms with E-state index in [1.54, 1.807) is 29.2 Å². The number of hydrogen-bond acceptors (Lipinski definition) is 10. The van der Waals surface area contributed by atoms with E-state index in [0.29, 0.717) is 68.2 Å². The predicted octanol–water partition coefficient (Wildman–Crippen LogP) is 6.44. The van der Waals surface area contributed by atoms with Gasteiger partial charge >= 0.3 is 6.03 Å². The Kier molecular flexibility index (Phi) is 16.8. The normalized spacial score (nSPS) is 18.3. The van der Waals surface area contributed by atoms with Crippen LogP contribution in [-0.2, 0) is 19.1 Å². The molecule has 0 bridgehead atoms. The Morgan fingerprint density at radius 1 is 0.866 bits per heavy atom. The molecule has 356 valence electrons. The van der Waals surface area contributed by atoms with E-state index in [9.17, 15) is 24.0 Å². The SMILES string of the molecule is COCCOc1ccc(C(N)=O)c(-c2cc(C(CNC3CCC(C(=O)NCCOC4CCN(C(=O)c5ccc(OC)c(N6CCC(=O)NC6=O)c5)CC4)CC3)c3ccccc3)ccc2Cl)c1F. The van der Waals surface area contributed by atoms with Crippen LogP contribution in [-0.4, -0.2) is 113 Å². The molecule has 7 rings (SSSR count). The number of nitrogens with one attached hydrogen (secondary N) is 3. The Labute approximate surface area is 394 Å². The number of rotatable bonds is 19. The number of hydrogen-bond donors (Lipinski definition) is 4. The molecule has 15 nitrogen and oxygen atoms in total. The molecule has 5 N–H and O–H groups in total. The van der Waals surface area contributed by atoms with Crippen molar-refractivity contribution in [3.8, 4) is 22.6 Å². The molecule has 1 atom stereocenters. The Morgan fingerprint density at radius 3 is 2.31 bits per heavy atom. The number of piperidine rings is 1. The van der Waals surface area contributed by atoms with E-state index < -0.39 is 17.8 Å². The zero-order chi connectivity index (χ0) is 47.5. The first-order chi connectivity index (χ1) is 32.4. The molecule has 4 aromatic rings. The highest BCUT2D eigenvalue weighted by Crippen LogP contribution is 2.40. The predicted molar refractivity (Wildman–Crippen MR) is 251 cm³/mol. The number of halogens is 2. The van der Waals surface area contributed by atoms with E-state index >= 15 is 4.39 Å². The number of anilines is 1. The second kappa shape index (κ2) is 23.1. The summed E-state index contributed by atoms with van der Waals surface area (Å²) in [4.78, 5) is 66.7. The van der Waals surface area contributed by atoms with Gasteiger partial charge in [-0.2, -0.15) is 0 Å². The number of likely N-dealkylation sites (tertiary alicyclic amines) is 1. The number of nitrogens with two attached hydrogens (primary N) is 1. The van der Waals surface area contributed by atoms with Crippen molar-refractivity contribution < 1.29 is 47.3 Å².